The number of nitrogens with one attached hydrogen (secondary N) is 1. The maximum Gasteiger partial charge on any atom is 0.120 e. The monoisotopic (exact) mass is 225 g/mol. The van der Waals surface area contributed by atoms with Crippen molar-refractivity contribution < 1.29 is 5.11 Å². The lowest BCUT2D eigenvalue weighted by molar-refractivity contribution is 0.424. The first-order chi connectivity index (χ1) is 7.20. The molecule has 0 amide bonds. The van der Waals surface area contributed by atoms with Gasteiger partial charge in [0.1, 0.15) is 5.75 Å². The number of aromatic hydroxyl groups is 1. The Morgan fingerprint density at radius 2 is 2.00 bits per heavy atom. The van der Waals surface area contributed by atoms with Gasteiger partial charge in [0.05, 0.1) is 5.02 Å². The highest BCUT2D eigenvalue weighted by atomic mass is 35.5. The largest absolute Gasteiger partial charge is 0.508 e. The summed E-state index contributed by atoms with van der Waals surface area (Å²) in [6.45, 7) is 4.00. The van der Waals surface area contributed by atoms with Crippen LogP contribution in [0.15, 0.2) is 12.1 Å². The molecule has 15 heavy (non-hydrogen) atoms. The predicted molar refractivity (Wildman–Crippen MR) is 62.7 cm³/mol. The molecule has 1 fully saturated rings. The van der Waals surface area contributed by atoms with Gasteiger partial charge >= 0.3 is 0 Å². The molecule has 82 valence electrons. The van der Waals surface area contributed by atoms with Gasteiger partial charge in [0.15, 0.2) is 0 Å². The smallest absolute Gasteiger partial charge is 0.120 e. The summed E-state index contributed by atoms with van der Waals surface area (Å²) in [6.07, 6.45) is 2.10. The third-order valence-electron chi connectivity index (χ3n) is 3.10. The van der Waals surface area contributed by atoms with Crippen LogP contribution in [0.4, 0.5) is 0 Å². The number of hydrogen-bond acceptors (Lipinski definition) is 2. The lowest BCUT2D eigenvalue weighted by Crippen LogP contribution is -2.26. The maximum atomic E-state index is 9.86. The third-order valence-corrected chi connectivity index (χ3v) is 3.60. The normalized spacial score (nSPS) is 18.0. The topological polar surface area (TPSA) is 32.3 Å². The van der Waals surface area contributed by atoms with Crippen molar-refractivity contribution in [1.29, 1.82) is 0 Å². The number of rotatable bonds is 1. The van der Waals surface area contributed by atoms with E-state index in [1.165, 1.54) is 0 Å². The van der Waals surface area contributed by atoms with Crippen molar-refractivity contribution in [3.05, 3.63) is 28.3 Å². The fourth-order valence-corrected chi connectivity index (χ4v) is 2.50. The van der Waals surface area contributed by atoms with E-state index in [2.05, 4.69) is 5.32 Å². The van der Waals surface area contributed by atoms with Crippen molar-refractivity contribution in [1.82, 2.24) is 5.32 Å². The lowest BCUT2D eigenvalue weighted by Gasteiger charge is -2.25. The lowest BCUT2D eigenvalue weighted by atomic mass is 9.88. The first-order valence-corrected chi connectivity index (χ1v) is 5.76. The number of aryl methyl sites for hydroxylation is 1. The van der Waals surface area contributed by atoms with Gasteiger partial charge in [-0.25, -0.2) is 0 Å². The van der Waals surface area contributed by atoms with Crippen LogP contribution in [-0.2, 0) is 0 Å². The van der Waals surface area contributed by atoms with Gasteiger partial charge in [-0.2, -0.15) is 0 Å². The number of halogens is 1. The number of piperidine rings is 1. The van der Waals surface area contributed by atoms with E-state index in [1.54, 1.807) is 6.07 Å². The van der Waals surface area contributed by atoms with E-state index in [4.69, 9.17) is 11.6 Å². The molecule has 0 radical (unpaired) electrons. The van der Waals surface area contributed by atoms with Crippen molar-refractivity contribution in [2.24, 2.45) is 0 Å². The highest BCUT2D eigenvalue weighted by molar-refractivity contribution is 6.32. The second-order valence-electron chi connectivity index (χ2n) is 4.15. The van der Waals surface area contributed by atoms with Crippen LogP contribution in [0.25, 0.3) is 0 Å². The van der Waals surface area contributed by atoms with Crippen molar-refractivity contribution in [2.45, 2.75) is 25.7 Å². The molecular formula is C12H16ClNO. The molecule has 0 spiro atoms. The van der Waals surface area contributed by atoms with Crippen LogP contribution >= 0.6 is 11.6 Å². The molecule has 0 atom stereocenters. The zero-order valence-corrected chi connectivity index (χ0v) is 9.64. The summed E-state index contributed by atoms with van der Waals surface area (Å²) in [4.78, 5) is 0. The number of phenols is 1. The molecule has 1 aromatic carbocycles. The SMILES string of the molecule is Cc1ccc(O)c(C2CCNCC2)c1Cl. The fourth-order valence-electron chi connectivity index (χ4n) is 2.19. The van der Waals surface area contributed by atoms with Gasteiger partial charge in [-0.15, -0.1) is 0 Å². The standard InChI is InChI=1S/C12H16ClNO/c1-8-2-3-10(15)11(12(8)13)9-4-6-14-7-5-9/h2-3,9,14-15H,4-7H2,1H3. The van der Waals surface area contributed by atoms with Crippen molar-refractivity contribution >= 4 is 11.6 Å². The molecule has 0 aromatic heterocycles. The van der Waals surface area contributed by atoms with E-state index >= 15 is 0 Å². The molecule has 0 unspecified atom stereocenters. The zero-order chi connectivity index (χ0) is 10.8. The van der Waals surface area contributed by atoms with Gasteiger partial charge in [-0.1, -0.05) is 17.7 Å². The number of hydrogen-bond donors (Lipinski definition) is 2. The minimum absolute atomic E-state index is 0.345. The Kier molecular flexibility index (Phi) is 3.17. The Hall–Kier alpha value is -0.730. The van der Waals surface area contributed by atoms with Crippen LogP contribution in [-0.4, -0.2) is 18.2 Å². The van der Waals surface area contributed by atoms with E-state index < -0.39 is 0 Å². The molecule has 1 aliphatic heterocycles. The van der Waals surface area contributed by atoms with Crippen LogP contribution in [0, 0.1) is 6.92 Å². The molecule has 1 saturated heterocycles. The summed E-state index contributed by atoms with van der Waals surface area (Å²) in [6, 6.07) is 3.61. The predicted octanol–water partition coefficient (Wildman–Crippen LogP) is 2.82. The van der Waals surface area contributed by atoms with Gasteiger partial charge in [0.2, 0.25) is 0 Å². The van der Waals surface area contributed by atoms with Gasteiger partial charge in [-0.3, -0.25) is 0 Å². The van der Waals surface area contributed by atoms with E-state index in [0.717, 1.165) is 42.1 Å². The molecule has 0 aliphatic carbocycles. The minimum atomic E-state index is 0.345. The summed E-state index contributed by atoms with van der Waals surface area (Å²) >= 11 is 6.25. The molecule has 3 heteroatoms. The van der Waals surface area contributed by atoms with Crippen LogP contribution in [0.3, 0.4) is 0 Å². The highest BCUT2D eigenvalue weighted by Crippen LogP contribution is 2.38. The van der Waals surface area contributed by atoms with Crippen molar-refractivity contribution in [3.63, 3.8) is 0 Å². The summed E-state index contributed by atoms with van der Waals surface area (Å²) in [5.41, 5.74) is 1.99. The second kappa shape index (κ2) is 4.42. The van der Waals surface area contributed by atoms with Crippen LogP contribution < -0.4 is 5.32 Å². The van der Waals surface area contributed by atoms with E-state index in [-0.39, 0.29) is 0 Å². The first kappa shape index (κ1) is 10.8. The average Bonchev–Trinajstić information content (AvgIpc) is 2.26. The van der Waals surface area contributed by atoms with Crippen LogP contribution in [0.5, 0.6) is 5.75 Å². The average molecular weight is 226 g/mol. The number of benzene rings is 1. The molecule has 2 nitrogen and oxygen atoms in total. The summed E-state index contributed by atoms with van der Waals surface area (Å²) < 4.78 is 0. The Balaban J connectivity index is 2.36. The minimum Gasteiger partial charge on any atom is -0.508 e. The number of phenolic OH excluding ortho intramolecular Hbond substituents is 1. The molecule has 1 aromatic rings. The second-order valence-corrected chi connectivity index (χ2v) is 4.53. The van der Waals surface area contributed by atoms with Gasteiger partial charge in [-0.05, 0) is 50.4 Å². The van der Waals surface area contributed by atoms with Crippen LogP contribution in [0.2, 0.25) is 5.02 Å². The zero-order valence-electron chi connectivity index (χ0n) is 8.89. The molecular weight excluding hydrogens is 210 g/mol. The van der Waals surface area contributed by atoms with Gasteiger partial charge in [0, 0.05) is 5.56 Å². The van der Waals surface area contributed by atoms with E-state index in [9.17, 15) is 5.11 Å². The Morgan fingerprint density at radius 3 is 2.67 bits per heavy atom. The van der Waals surface area contributed by atoms with Gasteiger partial charge < -0.3 is 10.4 Å². The molecule has 1 aliphatic rings. The Labute approximate surface area is 95.3 Å². The molecule has 2 N–H and O–H groups in total. The first-order valence-electron chi connectivity index (χ1n) is 5.39. The van der Waals surface area contributed by atoms with Gasteiger partial charge in [0.25, 0.3) is 0 Å². The molecule has 0 saturated carbocycles. The fraction of sp³-hybridized carbons (Fsp3) is 0.500. The Morgan fingerprint density at radius 1 is 1.33 bits per heavy atom. The highest BCUT2D eigenvalue weighted by Gasteiger charge is 2.21. The summed E-state index contributed by atoms with van der Waals surface area (Å²) in [5, 5.41) is 13.9. The Bertz CT molecular complexity index is 359. The molecule has 2 rings (SSSR count). The van der Waals surface area contributed by atoms with E-state index in [1.807, 2.05) is 13.0 Å². The quantitative estimate of drug-likeness (QED) is 0.771. The summed E-state index contributed by atoms with van der Waals surface area (Å²) in [5.74, 6) is 0.746. The summed E-state index contributed by atoms with van der Waals surface area (Å²) in [7, 11) is 0. The third kappa shape index (κ3) is 2.11. The molecule has 1 heterocycles. The van der Waals surface area contributed by atoms with Crippen LogP contribution in [0.1, 0.15) is 29.9 Å². The van der Waals surface area contributed by atoms with E-state index in [0.29, 0.717) is 11.7 Å². The van der Waals surface area contributed by atoms with Crippen molar-refractivity contribution in [2.75, 3.05) is 13.1 Å². The maximum absolute atomic E-state index is 9.86. The van der Waals surface area contributed by atoms with Crippen molar-refractivity contribution in [3.8, 4) is 5.75 Å². The molecule has 0 bridgehead atoms.